The number of aliphatic hydroxyl groups is 1. The van der Waals surface area contributed by atoms with Gasteiger partial charge in [-0.25, -0.2) is 0 Å². The largest absolute Gasteiger partial charge is 0.484 e. The maximum atomic E-state index is 8.24. The Hall–Kier alpha value is 0.0169. The molecule has 0 aliphatic rings. The Bertz CT molecular complexity index is 178. The van der Waals surface area contributed by atoms with Crippen LogP contribution >= 0.6 is 0 Å². The fourth-order valence-corrected chi connectivity index (χ4v) is 2.90. The first-order valence-corrected chi connectivity index (χ1v) is 11.2. The lowest BCUT2D eigenvalue weighted by Crippen LogP contribution is -2.28. The van der Waals surface area contributed by atoms with Gasteiger partial charge in [-0.15, -0.1) is 0 Å². The van der Waals surface area contributed by atoms with E-state index in [0.717, 1.165) is 77.8 Å². The molecule has 0 saturated carbocycles. The van der Waals surface area contributed by atoms with Crippen molar-refractivity contribution in [2.75, 3.05) is 39.6 Å². The molecule has 0 unspecified atom stereocenters. The predicted molar refractivity (Wildman–Crippen MR) is 103 cm³/mol. The van der Waals surface area contributed by atoms with Gasteiger partial charge in [-0.1, -0.05) is 53.4 Å². The second-order valence-corrected chi connectivity index (χ2v) is 7.23. The third-order valence-electron chi connectivity index (χ3n) is 3.13. The van der Waals surface area contributed by atoms with E-state index in [1.807, 2.05) is 0 Å². The van der Waals surface area contributed by atoms with Crippen LogP contribution in [0.1, 0.15) is 79.1 Å². The van der Waals surface area contributed by atoms with Crippen molar-refractivity contribution in [3.05, 3.63) is 0 Å². The second-order valence-electron chi connectivity index (χ2n) is 5.65. The van der Waals surface area contributed by atoms with Crippen LogP contribution in [0.2, 0.25) is 0 Å². The normalized spacial score (nSPS) is 10.8. The van der Waals surface area contributed by atoms with Crippen LogP contribution in [0, 0.1) is 0 Å². The summed E-state index contributed by atoms with van der Waals surface area (Å²) in [4.78, 5) is 0. The van der Waals surface area contributed by atoms with E-state index >= 15 is 0 Å². The zero-order chi connectivity index (χ0) is 18.3. The molecule has 0 aliphatic heterocycles. The lowest BCUT2D eigenvalue weighted by molar-refractivity contribution is 0.0899. The van der Waals surface area contributed by atoms with E-state index in [9.17, 15) is 0 Å². The Morgan fingerprint density at radius 2 is 0.958 bits per heavy atom. The number of unbranched alkanes of at least 4 members (excludes halogenated alkanes) is 4. The van der Waals surface area contributed by atoms with Gasteiger partial charge in [-0.3, -0.25) is 0 Å². The fourth-order valence-electron chi connectivity index (χ4n) is 1.53. The van der Waals surface area contributed by atoms with Gasteiger partial charge in [0.1, 0.15) is 0 Å². The number of ether oxygens (including phenoxy) is 1. The number of rotatable bonds is 17. The van der Waals surface area contributed by atoms with Crippen molar-refractivity contribution >= 4 is 9.53 Å². The van der Waals surface area contributed by atoms with Crippen LogP contribution in [0.3, 0.4) is 0 Å². The topological polar surface area (TPSA) is 57.2 Å². The van der Waals surface area contributed by atoms with Gasteiger partial charge in [-0.2, -0.15) is 0 Å². The zero-order valence-corrected chi connectivity index (χ0v) is 17.7. The highest BCUT2D eigenvalue weighted by Gasteiger charge is 2.14. The van der Waals surface area contributed by atoms with E-state index < -0.39 is 9.53 Å². The predicted octanol–water partition coefficient (Wildman–Crippen LogP) is 3.95. The molecule has 0 bridgehead atoms. The summed E-state index contributed by atoms with van der Waals surface area (Å²) in [5, 5.41) is 8.24. The average Bonchev–Trinajstić information content (AvgIpc) is 2.59. The molecule has 24 heavy (non-hydrogen) atoms. The van der Waals surface area contributed by atoms with Crippen molar-refractivity contribution in [2.45, 2.75) is 79.1 Å². The Balaban J connectivity index is 0. The van der Waals surface area contributed by atoms with E-state index in [-0.39, 0.29) is 6.61 Å². The first-order chi connectivity index (χ1) is 11.8. The molecular formula is C18H42O5Si. The number of hydrogen-bond donors (Lipinski definition) is 1. The quantitative estimate of drug-likeness (QED) is 0.312. The molecule has 5 nitrogen and oxygen atoms in total. The molecule has 0 aromatic carbocycles. The fraction of sp³-hybridized carbons (Fsp3) is 1.00. The molecular weight excluding hydrogens is 324 g/mol. The Kier molecular flexibility index (Phi) is 27.6. The summed E-state index contributed by atoms with van der Waals surface area (Å²) in [7, 11) is -1.83. The van der Waals surface area contributed by atoms with Crippen LogP contribution in [0.4, 0.5) is 0 Å². The van der Waals surface area contributed by atoms with Crippen molar-refractivity contribution < 1.29 is 23.1 Å². The summed E-state index contributed by atoms with van der Waals surface area (Å²) in [6.07, 6.45) is 9.01. The van der Waals surface area contributed by atoms with Crippen LogP contribution < -0.4 is 0 Å². The van der Waals surface area contributed by atoms with Gasteiger partial charge in [-0.05, 0) is 25.7 Å². The van der Waals surface area contributed by atoms with Crippen molar-refractivity contribution in [3.8, 4) is 0 Å². The van der Waals surface area contributed by atoms with Gasteiger partial charge in [0.2, 0.25) is 0 Å². The summed E-state index contributed by atoms with van der Waals surface area (Å²) in [5.74, 6) is 0. The zero-order valence-electron chi connectivity index (χ0n) is 16.6. The minimum absolute atomic E-state index is 0.143. The lowest BCUT2D eigenvalue weighted by atomic mass is 10.4. The monoisotopic (exact) mass is 366 g/mol. The first kappa shape index (κ1) is 26.2. The summed E-state index contributed by atoms with van der Waals surface area (Å²) in [6.45, 7) is 12.4. The highest BCUT2D eigenvalue weighted by molar-refractivity contribution is 6.36. The van der Waals surface area contributed by atoms with E-state index in [0.29, 0.717) is 6.61 Å². The number of aliphatic hydroxyl groups excluding tert-OH is 1. The molecule has 6 heteroatoms. The van der Waals surface area contributed by atoms with E-state index in [4.69, 9.17) is 23.1 Å². The van der Waals surface area contributed by atoms with Gasteiger partial charge in [0.05, 0.1) is 13.2 Å². The Labute approximate surface area is 152 Å². The molecule has 0 fully saturated rings. The third-order valence-corrected chi connectivity index (χ3v) is 4.66. The molecule has 0 heterocycles. The van der Waals surface area contributed by atoms with E-state index in [1.165, 1.54) is 0 Å². The van der Waals surface area contributed by atoms with E-state index in [1.54, 1.807) is 0 Å². The molecule has 0 spiro atoms. The Morgan fingerprint density at radius 3 is 1.29 bits per heavy atom. The maximum Gasteiger partial charge on any atom is 0.484 e. The van der Waals surface area contributed by atoms with Crippen molar-refractivity contribution in [1.82, 2.24) is 0 Å². The number of hydrogen-bond acceptors (Lipinski definition) is 5. The van der Waals surface area contributed by atoms with Gasteiger partial charge in [0.25, 0.3) is 0 Å². The van der Waals surface area contributed by atoms with Crippen LogP contribution in [0.5, 0.6) is 0 Å². The molecule has 0 radical (unpaired) electrons. The minimum Gasteiger partial charge on any atom is -0.394 e. The van der Waals surface area contributed by atoms with Crippen LogP contribution in [0.25, 0.3) is 0 Å². The standard InChI is InChI=1S/C12H28O3Si.C6H14O2/c1-4-7-10-13-16(14-11-8-5-2)15-12-9-6-3;1-2-3-5-8-6-4-7/h16H,4-12H2,1-3H3;7H,2-6H2,1H3. The third kappa shape index (κ3) is 24.3. The molecule has 0 aromatic heterocycles. The molecule has 0 saturated heterocycles. The molecule has 0 rings (SSSR count). The van der Waals surface area contributed by atoms with Crippen LogP contribution in [-0.2, 0) is 18.0 Å². The molecule has 1 N–H and O–H groups in total. The van der Waals surface area contributed by atoms with Gasteiger partial charge >= 0.3 is 9.53 Å². The van der Waals surface area contributed by atoms with Gasteiger partial charge in [0, 0.05) is 26.4 Å². The van der Waals surface area contributed by atoms with Gasteiger partial charge < -0.3 is 23.1 Å². The lowest BCUT2D eigenvalue weighted by Gasteiger charge is -2.16. The second kappa shape index (κ2) is 25.3. The summed E-state index contributed by atoms with van der Waals surface area (Å²) in [5.41, 5.74) is 0. The molecule has 0 aromatic rings. The maximum absolute atomic E-state index is 8.24. The summed E-state index contributed by atoms with van der Waals surface area (Å²) >= 11 is 0. The summed E-state index contributed by atoms with van der Waals surface area (Å²) < 4.78 is 22.0. The Morgan fingerprint density at radius 1 is 0.583 bits per heavy atom. The van der Waals surface area contributed by atoms with Crippen molar-refractivity contribution in [1.29, 1.82) is 0 Å². The SMILES string of the molecule is CCCCOCCO.CCCCO[SiH](OCCCC)OCCCC. The highest BCUT2D eigenvalue weighted by atomic mass is 28.3. The van der Waals surface area contributed by atoms with Crippen LogP contribution in [-0.4, -0.2) is 54.3 Å². The van der Waals surface area contributed by atoms with Crippen molar-refractivity contribution in [2.24, 2.45) is 0 Å². The highest BCUT2D eigenvalue weighted by Crippen LogP contribution is 2.00. The average molecular weight is 367 g/mol. The van der Waals surface area contributed by atoms with Gasteiger partial charge in [0.15, 0.2) is 0 Å². The molecule has 0 aliphatic carbocycles. The van der Waals surface area contributed by atoms with Crippen LogP contribution in [0.15, 0.2) is 0 Å². The molecule has 0 amide bonds. The van der Waals surface area contributed by atoms with E-state index in [2.05, 4.69) is 27.7 Å². The minimum atomic E-state index is -1.83. The molecule has 0 atom stereocenters. The first-order valence-electron chi connectivity index (χ1n) is 9.80. The van der Waals surface area contributed by atoms with Crippen molar-refractivity contribution in [3.63, 3.8) is 0 Å². The molecule has 148 valence electrons. The smallest absolute Gasteiger partial charge is 0.394 e. The summed E-state index contributed by atoms with van der Waals surface area (Å²) in [6, 6.07) is 0.